The second-order valence-electron chi connectivity index (χ2n) is 7.34. The maximum atomic E-state index is 6.30. The Balaban J connectivity index is 1.27. The number of nitrogens with zero attached hydrogens (tertiary/aromatic N) is 2. The van der Waals surface area contributed by atoms with E-state index in [1.807, 2.05) is 18.5 Å². The Kier molecular flexibility index (Phi) is 6.43. The summed E-state index contributed by atoms with van der Waals surface area (Å²) in [6.45, 7) is 3.72. The number of halogens is 1. The van der Waals surface area contributed by atoms with Gasteiger partial charge in [0.05, 0.1) is 6.61 Å². The highest BCUT2D eigenvalue weighted by Crippen LogP contribution is 2.29. The fourth-order valence-corrected chi connectivity index (χ4v) is 3.87. The van der Waals surface area contributed by atoms with Gasteiger partial charge in [0.25, 0.3) is 0 Å². The molecule has 0 saturated heterocycles. The quantitative estimate of drug-likeness (QED) is 0.336. The van der Waals surface area contributed by atoms with Crippen LogP contribution in [0.15, 0.2) is 54.9 Å². The Hall–Kier alpha value is -2.43. The van der Waals surface area contributed by atoms with Gasteiger partial charge in [-0.15, -0.1) is 11.6 Å². The van der Waals surface area contributed by atoms with Gasteiger partial charge in [0.15, 0.2) is 5.82 Å². The van der Waals surface area contributed by atoms with Gasteiger partial charge < -0.3 is 4.74 Å². The van der Waals surface area contributed by atoms with E-state index in [0.717, 1.165) is 54.9 Å². The predicted molar refractivity (Wildman–Crippen MR) is 117 cm³/mol. The summed E-state index contributed by atoms with van der Waals surface area (Å²) in [6, 6.07) is 14.7. The minimum atomic E-state index is -0.0919. The summed E-state index contributed by atoms with van der Waals surface area (Å²) in [7, 11) is 0. The molecule has 29 heavy (non-hydrogen) atoms. The largest absolute Gasteiger partial charge is 0.494 e. The van der Waals surface area contributed by atoms with Crippen LogP contribution in [0.3, 0.4) is 0 Å². The van der Waals surface area contributed by atoms with Crippen LogP contribution in [-0.4, -0.2) is 23.1 Å². The lowest BCUT2D eigenvalue weighted by Crippen LogP contribution is -2.26. The SMILES string of the molecule is CCc1cnc(-c2ccc(CCCOc3ccc4c(c3)CCNC4Cl)cc2)nc1. The number of aryl methyl sites for hydroxylation is 2. The summed E-state index contributed by atoms with van der Waals surface area (Å²) in [4.78, 5) is 8.90. The first-order chi connectivity index (χ1) is 14.2. The van der Waals surface area contributed by atoms with Gasteiger partial charge in [-0.05, 0) is 60.1 Å². The van der Waals surface area contributed by atoms with Crippen molar-refractivity contribution in [1.29, 1.82) is 0 Å². The van der Waals surface area contributed by atoms with Crippen molar-refractivity contribution in [1.82, 2.24) is 15.3 Å². The third-order valence-electron chi connectivity index (χ3n) is 5.31. The Morgan fingerprint density at radius 3 is 2.62 bits per heavy atom. The number of benzene rings is 2. The number of ether oxygens (including phenoxy) is 1. The highest BCUT2D eigenvalue weighted by atomic mass is 35.5. The van der Waals surface area contributed by atoms with Gasteiger partial charge in [-0.1, -0.05) is 37.3 Å². The van der Waals surface area contributed by atoms with Gasteiger partial charge in [-0.25, -0.2) is 9.97 Å². The van der Waals surface area contributed by atoms with Crippen LogP contribution in [0.5, 0.6) is 5.75 Å². The van der Waals surface area contributed by atoms with Crippen LogP contribution in [0.2, 0.25) is 0 Å². The van der Waals surface area contributed by atoms with E-state index >= 15 is 0 Å². The highest BCUT2D eigenvalue weighted by molar-refractivity contribution is 6.20. The number of nitrogens with one attached hydrogen (secondary N) is 1. The smallest absolute Gasteiger partial charge is 0.159 e. The molecule has 3 aromatic rings. The van der Waals surface area contributed by atoms with E-state index in [0.29, 0.717) is 6.61 Å². The molecule has 1 aliphatic heterocycles. The first kappa shape index (κ1) is 19.9. The molecule has 0 bridgehead atoms. The first-order valence-corrected chi connectivity index (χ1v) is 10.7. The molecule has 1 atom stereocenters. The van der Waals surface area contributed by atoms with Crippen molar-refractivity contribution < 1.29 is 4.74 Å². The van der Waals surface area contributed by atoms with Gasteiger partial charge in [0.2, 0.25) is 0 Å². The zero-order valence-electron chi connectivity index (χ0n) is 16.7. The molecule has 0 saturated carbocycles. The lowest BCUT2D eigenvalue weighted by atomic mass is 10.0. The fraction of sp³-hybridized carbons (Fsp3) is 0.333. The summed E-state index contributed by atoms with van der Waals surface area (Å²) >= 11 is 6.30. The third-order valence-corrected chi connectivity index (χ3v) is 5.70. The molecule has 0 fully saturated rings. The van der Waals surface area contributed by atoms with Crippen LogP contribution in [0.4, 0.5) is 0 Å². The molecular weight excluding hydrogens is 382 g/mol. The van der Waals surface area contributed by atoms with Crippen LogP contribution in [0, 0.1) is 0 Å². The molecule has 2 heterocycles. The predicted octanol–water partition coefficient (Wildman–Crippen LogP) is 5.10. The van der Waals surface area contributed by atoms with Gasteiger partial charge >= 0.3 is 0 Å². The fourth-order valence-electron chi connectivity index (χ4n) is 3.55. The minimum Gasteiger partial charge on any atom is -0.494 e. The second-order valence-corrected chi connectivity index (χ2v) is 7.78. The van der Waals surface area contributed by atoms with Crippen molar-refractivity contribution in [2.45, 2.75) is 38.1 Å². The normalized spacial score (nSPS) is 15.7. The molecule has 1 aliphatic rings. The third kappa shape index (κ3) is 4.95. The molecule has 0 spiro atoms. The standard InChI is InChI=1S/C24H26ClN3O/c1-2-17-15-27-24(28-16-17)19-7-5-18(6-8-19)4-3-13-29-21-9-10-22-20(14-21)11-12-26-23(22)25/h5-10,14-16,23,26H,2-4,11-13H2,1H3. The highest BCUT2D eigenvalue weighted by Gasteiger charge is 2.17. The maximum absolute atomic E-state index is 6.30. The zero-order valence-corrected chi connectivity index (χ0v) is 17.5. The number of hydrogen-bond donors (Lipinski definition) is 1. The Morgan fingerprint density at radius 2 is 1.86 bits per heavy atom. The lowest BCUT2D eigenvalue weighted by molar-refractivity contribution is 0.310. The van der Waals surface area contributed by atoms with Crippen molar-refractivity contribution in [2.24, 2.45) is 0 Å². The van der Waals surface area contributed by atoms with Gasteiger partial charge in [0.1, 0.15) is 11.3 Å². The molecule has 0 radical (unpaired) electrons. The molecule has 1 aromatic heterocycles. The maximum Gasteiger partial charge on any atom is 0.159 e. The van der Waals surface area contributed by atoms with Crippen LogP contribution < -0.4 is 10.1 Å². The molecule has 5 heteroatoms. The van der Waals surface area contributed by atoms with Crippen molar-refractivity contribution in [3.63, 3.8) is 0 Å². The molecule has 0 amide bonds. The monoisotopic (exact) mass is 407 g/mol. The van der Waals surface area contributed by atoms with Crippen molar-refractivity contribution >= 4 is 11.6 Å². The van der Waals surface area contributed by atoms with Crippen LogP contribution in [0.1, 0.15) is 41.1 Å². The number of alkyl halides is 1. The molecule has 1 N–H and O–H groups in total. The molecule has 4 nitrogen and oxygen atoms in total. The summed E-state index contributed by atoms with van der Waals surface area (Å²) < 4.78 is 5.96. The van der Waals surface area contributed by atoms with Crippen molar-refractivity contribution in [2.75, 3.05) is 13.2 Å². The molecule has 4 rings (SSSR count). The van der Waals surface area contributed by atoms with Crippen molar-refractivity contribution in [3.05, 3.63) is 77.1 Å². The average Bonchev–Trinajstić information content (AvgIpc) is 2.77. The summed E-state index contributed by atoms with van der Waals surface area (Å²) in [6.07, 6.45) is 7.70. The van der Waals surface area contributed by atoms with Crippen LogP contribution in [0.25, 0.3) is 11.4 Å². The molecule has 150 valence electrons. The second kappa shape index (κ2) is 9.38. The van der Waals surface area contributed by atoms with Crippen LogP contribution >= 0.6 is 11.6 Å². The van der Waals surface area contributed by atoms with E-state index in [2.05, 4.69) is 58.6 Å². The van der Waals surface area contributed by atoms with E-state index in [4.69, 9.17) is 16.3 Å². The topological polar surface area (TPSA) is 47.0 Å². The van der Waals surface area contributed by atoms with E-state index in [9.17, 15) is 0 Å². The van der Waals surface area contributed by atoms with E-state index < -0.39 is 0 Å². The number of aromatic nitrogens is 2. The Bertz CT molecular complexity index is 941. The molecule has 0 aliphatic carbocycles. The minimum absolute atomic E-state index is 0.0919. The zero-order chi connectivity index (χ0) is 20.1. The van der Waals surface area contributed by atoms with Crippen molar-refractivity contribution in [3.8, 4) is 17.1 Å². The van der Waals surface area contributed by atoms with Gasteiger partial charge in [-0.2, -0.15) is 0 Å². The van der Waals surface area contributed by atoms with E-state index in [-0.39, 0.29) is 5.50 Å². The lowest BCUT2D eigenvalue weighted by Gasteiger charge is -2.22. The molecule has 1 unspecified atom stereocenters. The Labute approximate surface area is 177 Å². The summed E-state index contributed by atoms with van der Waals surface area (Å²) in [5.74, 6) is 1.71. The molecular formula is C24H26ClN3O. The number of rotatable bonds is 7. The number of fused-ring (bicyclic) bond motifs is 1. The summed E-state index contributed by atoms with van der Waals surface area (Å²) in [5.41, 5.74) is 5.86. The van der Waals surface area contributed by atoms with Gasteiger partial charge in [0, 0.05) is 24.5 Å². The van der Waals surface area contributed by atoms with E-state index in [1.54, 1.807) is 0 Å². The number of hydrogen-bond acceptors (Lipinski definition) is 4. The molecule has 2 aromatic carbocycles. The summed E-state index contributed by atoms with van der Waals surface area (Å²) in [5, 5.41) is 3.26. The average molecular weight is 408 g/mol. The first-order valence-electron chi connectivity index (χ1n) is 10.3. The van der Waals surface area contributed by atoms with Crippen LogP contribution in [-0.2, 0) is 19.3 Å². The van der Waals surface area contributed by atoms with E-state index in [1.165, 1.54) is 16.7 Å². The van der Waals surface area contributed by atoms with Gasteiger partial charge in [-0.3, -0.25) is 5.32 Å². The Morgan fingerprint density at radius 1 is 1.07 bits per heavy atom.